The molecule has 94 valence electrons. The zero-order chi connectivity index (χ0) is 12.3. The number of aromatic nitrogens is 1. The van der Waals surface area contributed by atoms with Crippen molar-refractivity contribution < 1.29 is 5.11 Å². The van der Waals surface area contributed by atoms with E-state index >= 15 is 0 Å². The lowest BCUT2D eigenvalue weighted by atomic mass is 10.0. The van der Waals surface area contributed by atoms with Gasteiger partial charge in [0.2, 0.25) is 0 Å². The quantitative estimate of drug-likeness (QED) is 0.873. The minimum absolute atomic E-state index is 0.102. The van der Waals surface area contributed by atoms with E-state index in [1.165, 1.54) is 19.3 Å². The highest BCUT2D eigenvalue weighted by molar-refractivity contribution is 5.44. The van der Waals surface area contributed by atoms with Crippen LogP contribution < -0.4 is 4.90 Å². The Kier molecular flexibility index (Phi) is 4.00. The minimum atomic E-state index is 0.102. The van der Waals surface area contributed by atoms with Crippen LogP contribution in [-0.4, -0.2) is 22.7 Å². The van der Waals surface area contributed by atoms with Crippen molar-refractivity contribution in [3.05, 3.63) is 23.4 Å². The largest absolute Gasteiger partial charge is 0.392 e. The van der Waals surface area contributed by atoms with Gasteiger partial charge in [-0.25, -0.2) is 4.98 Å². The fourth-order valence-corrected chi connectivity index (χ4v) is 2.49. The zero-order valence-corrected chi connectivity index (χ0v) is 10.8. The molecule has 0 bridgehead atoms. The number of aliphatic hydroxyl groups is 1. The third-order valence-corrected chi connectivity index (χ3v) is 3.57. The van der Waals surface area contributed by atoms with Crippen molar-refractivity contribution in [2.75, 3.05) is 11.4 Å². The lowest BCUT2D eigenvalue weighted by molar-refractivity contribution is 0.281. The molecule has 0 aliphatic carbocycles. The summed E-state index contributed by atoms with van der Waals surface area (Å²) in [7, 11) is 0. The average Bonchev–Trinajstić information content (AvgIpc) is 2.38. The molecule has 0 amide bonds. The number of aryl methyl sites for hydroxylation is 1. The molecule has 1 saturated heterocycles. The Bertz CT molecular complexity index is 356. The molecular formula is C14H22N2O. The van der Waals surface area contributed by atoms with Gasteiger partial charge in [-0.2, -0.15) is 0 Å². The van der Waals surface area contributed by atoms with Crippen LogP contribution in [0.25, 0.3) is 0 Å². The van der Waals surface area contributed by atoms with Gasteiger partial charge in [-0.05, 0) is 50.3 Å². The number of nitrogens with zero attached hydrogens (tertiary/aromatic N) is 2. The molecule has 3 nitrogen and oxygen atoms in total. The molecule has 2 heterocycles. The van der Waals surface area contributed by atoms with E-state index in [9.17, 15) is 5.11 Å². The van der Waals surface area contributed by atoms with Crippen LogP contribution in [0.5, 0.6) is 0 Å². The summed E-state index contributed by atoms with van der Waals surface area (Å²) < 4.78 is 0. The molecule has 0 saturated carbocycles. The van der Waals surface area contributed by atoms with Gasteiger partial charge < -0.3 is 10.0 Å². The fraction of sp³-hybridized carbons (Fsp3) is 0.643. The molecule has 1 aromatic heterocycles. The molecule has 1 N–H and O–H groups in total. The van der Waals surface area contributed by atoms with Crippen molar-refractivity contribution in [1.82, 2.24) is 4.98 Å². The summed E-state index contributed by atoms with van der Waals surface area (Å²) in [6, 6.07) is 4.59. The molecule has 0 spiro atoms. The summed E-state index contributed by atoms with van der Waals surface area (Å²) in [5.41, 5.74) is 2.05. The van der Waals surface area contributed by atoms with Crippen LogP contribution in [0.15, 0.2) is 12.1 Å². The lowest BCUT2D eigenvalue weighted by Gasteiger charge is -2.34. The van der Waals surface area contributed by atoms with E-state index in [0.717, 1.165) is 30.0 Å². The highest BCUT2D eigenvalue weighted by atomic mass is 16.3. The third-order valence-electron chi connectivity index (χ3n) is 3.57. The minimum Gasteiger partial charge on any atom is -0.392 e. The van der Waals surface area contributed by atoms with Crippen molar-refractivity contribution in [3.8, 4) is 0 Å². The Morgan fingerprint density at radius 2 is 2.24 bits per heavy atom. The van der Waals surface area contributed by atoms with Gasteiger partial charge in [0.05, 0.1) is 6.61 Å². The number of hydrogen-bond acceptors (Lipinski definition) is 3. The second kappa shape index (κ2) is 5.50. The maximum atomic E-state index is 9.30. The molecule has 2 rings (SSSR count). The average molecular weight is 234 g/mol. The molecule has 1 atom stereocenters. The maximum Gasteiger partial charge on any atom is 0.129 e. The van der Waals surface area contributed by atoms with Gasteiger partial charge in [0, 0.05) is 18.3 Å². The Morgan fingerprint density at radius 1 is 1.41 bits per heavy atom. The number of rotatable bonds is 3. The van der Waals surface area contributed by atoms with Gasteiger partial charge in [-0.15, -0.1) is 0 Å². The van der Waals surface area contributed by atoms with E-state index in [2.05, 4.69) is 23.7 Å². The van der Waals surface area contributed by atoms with Gasteiger partial charge in [0.1, 0.15) is 5.82 Å². The first kappa shape index (κ1) is 12.4. The molecular weight excluding hydrogens is 212 g/mol. The van der Waals surface area contributed by atoms with E-state index < -0.39 is 0 Å². The molecule has 3 heteroatoms. The van der Waals surface area contributed by atoms with Gasteiger partial charge >= 0.3 is 0 Å². The van der Waals surface area contributed by atoms with Crippen molar-refractivity contribution in [3.63, 3.8) is 0 Å². The van der Waals surface area contributed by atoms with Crippen LogP contribution in [-0.2, 0) is 13.0 Å². The van der Waals surface area contributed by atoms with Crippen LogP contribution in [0.1, 0.15) is 44.4 Å². The fourth-order valence-electron chi connectivity index (χ4n) is 2.49. The van der Waals surface area contributed by atoms with Gasteiger partial charge in [-0.3, -0.25) is 0 Å². The molecule has 1 aromatic rings. The highest BCUT2D eigenvalue weighted by Crippen LogP contribution is 2.24. The zero-order valence-electron chi connectivity index (χ0n) is 10.8. The Hall–Kier alpha value is -1.09. The summed E-state index contributed by atoms with van der Waals surface area (Å²) in [5.74, 6) is 1.04. The van der Waals surface area contributed by atoms with E-state index in [-0.39, 0.29) is 6.61 Å². The monoisotopic (exact) mass is 234 g/mol. The molecule has 1 aliphatic heterocycles. The number of aliphatic hydroxyl groups excluding tert-OH is 1. The summed E-state index contributed by atoms with van der Waals surface area (Å²) >= 11 is 0. The normalized spacial score (nSPS) is 20.6. The van der Waals surface area contributed by atoms with E-state index in [4.69, 9.17) is 0 Å². The van der Waals surface area contributed by atoms with Gasteiger partial charge in [0.15, 0.2) is 0 Å². The summed E-state index contributed by atoms with van der Waals surface area (Å²) in [6.07, 6.45) is 4.73. The Morgan fingerprint density at radius 3 is 2.88 bits per heavy atom. The van der Waals surface area contributed by atoms with Crippen LogP contribution in [0.2, 0.25) is 0 Å². The lowest BCUT2D eigenvalue weighted by Crippen LogP contribution is -2.38. The first-order chi connectivity index (χ1) is 8.24. The topological polar surface area (TPSA) is 36.4 Å². The van der Waals surface area contributed by atoms with Crippen LogP contribution in [0.3, 0.4) is 0 Å². The molecule has 17 heavy (non-hydrogen) atoms. The highest BCUT2D eigenvalue weighted by Gasteiger charge is 2.20. The van der Waals surface area contributed by atoms with E-state index in [1.54, 1.807) is 0 Å². The van der Waals surface area contributed by atoms with Gasteiger partial charge in [0.25, 0.3) is 0 Å². The number of pyridine rings is 1. The van der Waals surface area contributed by atoms with Gasteiger partial charge in [-0.1, -0.05) is 6.92 Å². The second-order valence-electron chi connectivity index (χ2n) is 4.87. The van der Waals surface area contributed by atoms with E-state index in [1.807, 2.05) is 12.1 Å². The summed E-state index contributed by atoms with van der Waals surface area (Å²) in [5, 5.41) is 9.30. The molecule has 1 fully saturated rings. The van der Waals surface area contributed by atoms with Crippen LogP contribution in [0.4, 0.5) is 5.82 Å². The van der Waals surface area contributed by atoms with Crippen molar-refractivity contribution in [1.29, 1.82) is 0 Å². The number of anilines is 1. The van der Waals surface area contributed by atoms with Crippen molar-refractivity contribution >= 4 is 5.82 Å². The first-order valence-corrected chi connectivity index (χ1v) is 6.62. The maximum absolute atomic E-state index is 9.30. The van der Waals surface area contributed by atoms with E-state index in [0.29, 0.717) is 6.04 Å². The van der Waals surface area contributed by atoms with Crippen LogP contribution in [0, 0.1) is 0 Å². The SMILES string of the molecule is CCc1cc(CO)cc(N2CCCCC2C)n1. The van der Waals surface area contributed by atoms with Crippen LogP contribution >= 0.6 is 0 Å². The number of hydrogen-bond donors (Lipinski definition) is 1. The predicted octanol–water partition coefficient (Wildman–Crippen LogP) is 2.52. The molecule has 0 radical (unpaired) electrons. The summed E-state index contributed by atoms with van der Waals surface area (Å²) in [6.45, 7) is 5.56. The second-order valence-corrected chi connectivity index (χ2v) is 4.87. The molecule has 1 unspecified atom stereocenters. The smallest absolute Gasteiger partial charge is 0.129 e. The predicted molar refractivity (Wildman–Crippen MR) is 70.2 cm³/mol. The molecule has 0 aromatic carbocycles. The summed E-state index contributed by atoms with van der Waals surface area (Å²) in [4.78, 5) is 7.07. The third kappa shape index (κ3) is 2.78. The Labute approximate surface area is 103 Å². The number of piperidine rings is 1. The Balaban J connectivity index is 2.29. The van der Waals surface area contributed by atoms with Crippen molar-refractivity contribution in [2.24, 2.45) is 0 Å². The molecule has 1 aliphatic rings. The standard InChI is InChI=1S/C14H22N2O/c1-3-13-8-12(10-17)9-14(15-13)16-7-5-4-6-11(16)2/h8-9,11,17H,3-7,10H2,1-2H3. The first-order valence-electron chi connectivity index (χ1n) is 6.62. The van der Waals surface area contributed by atoms with Crippen molar-refractivity contribution in [2.45, 2.75) is 52.2 Å².